The summed E-state index contributed by atoms with van der Waals surface area (Å²) < 4.78 is 14.9. The molecule has 0 spiro atoms. The second-order valence-electron chi connectivity index (χ2n) is 6.33. The fourth-order valence-electron chi connectivity index (χ4n) is 2.81. The van der Waals surface area contributed by atoms with E-state index in [0.717, 1.165) is 29.1 Å². The molecule has 0 radical (unpaired) electrons. The van der Waals surface area contributed by atoms with Crippen LogP contribution in [-0.4, -0.2) is 47.2 Å². The number of hydrogen-bond acceptors (Lipinski definition) is 5. The summed E-state index contributed by atoms with van der Waals surface area (Å²) in [7, 11) is 0. The molecule has 25 heavy (non-hydrogen) atoms. The Morgan fingerprint density at radius 1 is 1.24 bits per heavy atom. The molecule has 0 N–H and O–H groups in total. The fraction of sp³-hybridized carbons (Fsp3) is 0.471. The average molecular weight is 427 g/mol. The Labute approximate surface area is 159 Å². The van der Waals surface area contributed by atoms with Gasteiger partial charge in [0.2, 0.25) is 11.0 Å². The molecule has 1 aliphatic rings. The number of amides is 1. The third-order valence-electron chi connectivity index (χ3n) is 4.15. The van der Waals surface area contributed by atoms with Crippen molar-refractivity contribution in [1.82, 2.24) is 15.1 Å². The number of anilines is 1. The number of benzene rings is 1. The third kappa shape index (κ3) is 4.17. The highest BCUT2D eigenvalue weighted by molar-refractivity contribution is 9.10. The average Bonchev–Trinajstić information content (AvgIpc) is 2.94. The van der Waals surface area contributed by atoms with Crippen LogP contribution < -0.4 is 4.90 Å². The number of aromatic nitrogens is 2. The maximum atomic E-state index is 14.0. The van der Waals surface area contributed by atoms with E-state index in [4.69, 9.17) is 0 Å². The molecule has 0 atom stereocenters. The largest absolute Gasteiger partial charge is 0.345 e. The van der Waals surface area contributed by atoms with Crippen molar-refractivity contribution in [2.45, 2.75) is 20.3 Å². The first-order valence-electron chi connectivity index (χ1n) is 8.28. The molecule has 0 saturated carbocycles. The Kier molecular flexibility index (Phi) is 5.68. The van der Waals surface area contributed by atoms with Crippen LogP contribution in [0.4, 0.5) is 9.52 Å². The first-order chi connectivity index (χ1) is 12.0. The molecule has 1 amide bonds. The normalized spacial score (nSPS) is 15.6. The van der Waals surface area contributed by atoms with Crippen LogP contribution in [0.25, 0.3) is 10.6 Å². The monoisotopic (exact) mass is 426 g/mol. The minimum atomic E-state index is -0.310. The zero-order valence-electron chi connectivity index (χ0n) is 14.2. The molecule has 2 heterocycles. The summed E-state index contributed by atoms with van der Waals surface area (Å²) in [5.41, 5.74) is 0.449. The van der Waals surface area contributed by atoms with Crippen molar-refractivity contribution < 1.29 is 9.18 Å². The van der Waals surface area contributed by atoms with E-state index in [-0.39, 0.29) is 17.6 Å². The lowest BCUT2D eigenvalue weighted by atomic mass is 10.2. The smallest absolute Gasteiger partial charge is 0.225 e. The summed E-state index contributed by atoms with van der Waals surface area (Å²) in [4.78, 5) is 16.2. The van der Waals surface area contributed by atoms with Crippen molar-refractivity contribution in [1.29, 1.82) is 0 Å². The first kappa shape index (κ1) is 18.3. The van der Waals surface area contributed by atoms with Crippen molar-refractivity contribution in [2.75, 3.05) is 31.1 Å². The van der Waals surface area contributed by atoms with Gasteiger partial charge in [0.05, 0.1) is 0 Å². The van der Waals surface area contributed by atoms with E-state index < -0.39 is 0 Å². The fourth-order valence-corrected chi connectivity index (χ4v) is 4.08. The standard InChI is InChI=1S/C17H20BrFN4OS/c1-11(2)16(24)22-6-3-7-23(9-8-22)17-21-20-15(25-17)13-10-12(18)4-5-14(13)19/h4-5,10-11H,3,6-9H2,1-2H3. The topological polar surface area (TPSA) is 49.3 Å². The number of halogens is 2. The zero-order chi connectivity index (χ0) is 18.0. The van der Waals surface area contributed by atoms with Crippen LogP contribution in [0.2, 0.25) is 0 Å². The maximum absolute atomic E-state index is 14.0. The molecule has 2 aromatic rings. The zero-order valence-corrected chi connectivity index (χ0v) is 16.6. The van der Waals surface area contributed by atoms with Crippen LogP contribution in [0.5, 0.6) is 0 Å². The Morgan fingerprint density at radius 2 is 2.04 bits per heavy atom. The van der Waals surface area contributed by atoms with E-state index in [2.05, 4.69) is 31.0 Å². The summed E-state index contributed by atoms with van der Waals surface area (Å²) in [5, 5.41) is 9.74. The lowest BCUT2D eigenvalue weighted by molar-refractivity contribution is -0.134. The minimum absolute atomic E-state index is 0.0131. The highest BCUT2D eigenvalue weighted by Crippen LogP contribution is 2.32. The lowest BCUT2D eigenvalue weighted by Gasteiger charge is -2.23. The second kappa shape index (κ2) is 7.78. The maximum Gasteiger partial charge on any atom is 0.225 e. The van der Waals surface area contributed by atoms with E-state index in [1.807, 2.05) is 18.7 Å². The molecule has 0 bridgehead atoms. The molecular formula is C17H20BrFN4OS. The van der Waals surface area contributed by atoms with Crippen LogP contribution in [0.15, 0.2) is 22.7 Å². The molecule has 1 aromatic heterocycles. The van der Waals surface area contributed by atoms with Gasteiger partial charge in [-0.2, -0.15) is 0 Å². The van der Waals surface area contributed by atoms with Gasteiger partial charge in [0.1, 0.15) is 5.82 Å². The van der Waals surface area contributed by atoms with Crippen LogP contribution in [-0.2, 0) is 4.79 Å². The van der Waals surface area contributed by atoms with Crippen LogP contribution >= 0.6 is 27.3 Å². The van der Waals surface area contributed by atoms with Gasteiger partial charge in [-0.1, -0.05) is 41.1 Å². The molecule has 1 aromatic carbocycles. The first-order valence-corrected chi connectivity index (χ1v) is 9.89. The van der Waals surface area contributed by atoms with E-state index in [1.165, 1.54) is 17.4 Å². The van der Waals surface area contributed by atoms with Crippen molar-refractivity contribution in [2.24, 2.45) is 5.92 Å². The summed E-state index contributed by atoms with van der Waals surface area (Å²) in [5.74, 6) is -0.106. The van der Waals surface area contributed by atoms with Gasteiger partial charge in [-0.05, 0) is 24.6 Å². The Bertz CT molecular complexity index is 767. The molecule has 3 rings (SSSR count). The molecule has 0 aliphatic carbocycles. The highest BCUT2D eigenvalue weighted by Gasteiger charge is 2.23. The van der Waals surface area contributed by atoms with Crippen molar-refractivity contribution in [3.05, 3.63) is 28.5 Å². The molecule has 1 aliphatic heterocycles. The number of carbonyl (C=O) groups is 1. The van der Waals surface area contributed by atoms with Gasteiger partial charge in [-0.3, -0.25) is 4.79 Å². The second-order valence-corrected chi connectivity index (χ2v) is 8.21. The van der Waals surface area contributed by atoms with Gasteiger partial charge in [0.15, 0.2) is 5.01 Å². The summed E-state index contributed by atoms with van der Waals surface area (Å²) in [6.45, 7) is 6.82. The lowest BCUT2D eigenvalue weighted by Crippen LogP contribution is -2.37. The molecular weight excluding hydrogens is 407 g/mol. The molecule has 1 fully saturated rings. The molecule has 8 heteroatoms. The van der Waals surface area contributed by atoms with Crippen LogP contribution in [0.1, 0.15) is 20.3 Å². The number of carbonyl (C=O) groups excluding carboxylic acids is 1. The summed E-state index contributed by atoms with van der Waals surface area (Å²) >= 11 is 4.74. The predicted molar refractivity (Wildman–Crippen MR) is 101 cm³/mol. The van der Waals surface area contributed by atoms with E-state index in [1.54, 1.807) is 12.1 Å². The Hall–Kier alpha value is -1.54. The summed E-state index contributed by atoms with van der Waals surface area (Å²) in [6.07, 6.45) is 0.888. The minimum Gasteiger partial charge on any atom is -0.345 e. The predicted octanol–water partition coefficient (Wildman–Crippen LogP) is 3.80. The Morgan fingerprint density at radius 3 is 2.80 bits per heavy atom. The Balaban J connectivity index is 1.74. The van der Waals surface area contributed by atoms with Gasteiger partial charge in [0, 0.05) is 42.1 Å². The molecule has 5 nitrogen and oxygen atoms in total. The van der Waals surface area contributed by atoms with Gasteiger partial charge < -0.3 is 9.80 Å². The van der Waals surface area contributed by atoms with Gasteiger partial charge >= 0.3 is 0 Å². The summed E-state index contributed by atoms with van der Waals surface area (Å²) in [6, 6.07) is 4.79. The quantitative estimate of drug-likeness (QED) is 0.748. The third-order valence-corrected chi connectivity index (χ3v) is 5.66. The molecule has 134 valence electrons. The number of nitrogens with zero attached hydrogens (tertiary/aromatic N) is 4. The van der Waals surface area contributed by atoms with Crippen molar-refractivity contribution in [3.8, 4) is 10.6 Å². The van der Waals surface area contributed by atoms with Crippen molar-refractivity contribution >= 4 is 38.3 Å². The number of rotatable bonds is 3. The van der Waals surface area contributed by atoms with Crippen molar-refractivity contribution in [3.63, 3.8) is 0 Å². The molecule has 1 saturated heterocycles. The van der Waals surface area contributed by atoms with E-state index in [0.29, 0.717) is 23.7 Å². The number of hydrogen-bond donors (Lipinski definition) is 0. The SMILES string of the molecule is CC(C)C(=O)N1CCCN(c2nnc(-c3cc(Br)ccc3F)s2)CC1. The van der Waals surface area contributed by atoms with E-state index >= 15 is 0 Å². The highest BCUT2D eigenvalue weighted by atomic mass is 79.9. The van der Waals surface area contributed by atoms with Crippen LogP contribution in [0, 0.1) is 11.7 Å². The van der Waals surface area contributed by atoms with Gasteiger partial charge in [-0.15, -0.1) is 10.2 Å². The van der Waals surface area contributed by atoms with Gasteiger partial charge in [0.25, 0.3) is 0 Å². The van der Waals surface area contributed by atoms with Gasteiger partial charge in [-0.25, -0.2) is 4.39 Å². The van der Waals surface area contributed by atoms with Crippen LogP contribution in [0.3, 0.4) is 0 Å². The van der Waals surface area contributed by atoms with E-state index in [9.17, 15) is 9.18 Å². The molecule has 0 unspecified atom stereocenters.